The molecule has 0 radical (unpaired) electrons. The average molecular weight is 401 g/mol. The molecule has 2 amide bonds. The molecule has 2 rings (SSSR count). The molecular formula is C23H29ClN2O2. The minimum absolute atomic E-state index is 0.0184. The van der Waals surface area contributed by atoms with E-state index in [1.807, 2.05) is 64.1 Å². The van der Waals surface area contributed by atoms with Crippen LogP contribution in [0.2, 0.25) is 5.02 Å². The Bertz CT molecular complexity index is 820. The van der Waals surface area contributed by atoms with Crippen LogP contribution in [0.4, 0.5) is 0 Å². The van der Waals surface area contributed by atoms with Gasteiger partial charge in [0.15, 0.2) is 0 Å². The Labute approximate surface area is 172 Å². The number of aryl methyl sites for hydroxylation is 1. The van der Waals surface area contributed by atoms with Gasteiger partial charge in [0.2, 0.25) is 11.8 Å². The highest BCUT2D eigenvalue weighted by molar-refractivity contribution is 6.30. The third kappa shape index (κ3) is 6.10. The Morgan fingerprint density at radius 2 is 1.82 bits per heavy atom. The van der Waals surface area contributed by atoms with Gasteiger partial charge in [0.25, 0.3) is 0 Å². The van der Waals surface area contributed by atoms with Crippen LogP contribution in [0.15, 0.2) is 48.5 Å². The van der Waals surface area contributed by atoms with E-state index in [1.165, 1.54) is 0 Å². The minimum Gasteiger partial charge on any atom is -0.352 e. The first-order valence-corrected chi connectivity index (χ1v) is 10.1. The van der Waals surface area contributed by atoms with Gasteiger partial charge in [-0.25, -0.2) is 0 Å². The summed E-state index contributed by atoms with van der Waals surface area (Å²) in [7, 11) is 0. The molecule has 1 N–H and O–H groups in total. The van der Waals surface area contributed by atoms with Crippen molar-refractivity contribution in [2.24, 2.45) is 0 Å². The molecule has 0 saturated carbocycles. The molecule has 0 aliphatic rings. The van der Waals surface area contributed by atoms with Crippen molar-refractivity contribution in [2.75, 3.05) is 0 Å². The molecule has 0 bridgehead atoms. The van der Waals surface area contributed by atoms with Crippen molar-refractivity contribution in [1.29, 1.82) is 0 Å². The quantitative estimate of drug-likeness (QED) is 0.708. The van der Waals surface area contributed by atoms with Crippen molar-refractivity contribution in [3.8, 4) is 0 Å². The number of carbonyl (C=O) groups is 2. The van der Waals surface area contributed by atoms with Gasteiger partial charge < -0.3 is 10.2 Å². The Hall–Kier alpha value is -2.33. The number of carbonyl (C=O) groups excluding carboxylic acids is 2. The summed E-state index contributed by atoms with van der Waals surface area (Å²) < 4.78 is 0. The zero-order chi connectivity index (χ0) is 20.7. The van der Waals surface area contributed by atoms with E-state index in [-0.39, 0.29) is 24.3 Å². The molecule has 0 aromatic heterocycles. The predicted octanol–water partition coefficient (Wildman–Crippen LogP) is 4.52. The molecule has 0 aliphatic carbocycles. The van der Waals surface area contributed by atoms with E-state index in [0.717, 1.165) is 16.7 Å². The molecule has 0 saturated heterocycles. The van der Waals surface area contributed by atoms with Crippen LogP contribution in [0.3, 0.4) is 0 Å². The molecule has 4 nitrogen and oxygen atoms in total. The van der Waals surface area contributed by atoms with Crippen molar-refractivity contribution < 1.29 is 9.59 Å². The van der Waals surface area contributed by atoms with E-state index in [0.29, 0.717) is 18.0 Å². The molecule has 150 valence electrons. The molecular weight excluding hydrogens is 372 g/mol. The van der Waals surface area contributed by atoms with Crippen LogP contribution in [0.1, 0.15) is 43.9 Å². The van der Waals surface area contributed by atoms with Gasteiger partial charge in [-0.3, -0.25) is 9.59 Å². The highest BCUT2D eigenvalue weighted by Crippen LogP contribution is 2.18. The van der Waals surface area contributed by atoms with Crippen LogP contribution in [-0.4, -0.2) is 28.8 Å². The molecule has 5 heteroatoms. The van der Waals surface area contributed by atoms with Gasteiger partial charge in [0.05, 0.1) is 6.42 Å². The number of nitrogens with one attached hydrogen (secondary N) is 1. The number of benzene rings is 2. The number of hydrogen-bond acceptors (Lipinski definition) is 2. The summed E-state index contributed by atoms with van der Waals surface area (Å²) in [5, 5.41) is 3.55. The van der Waals surface area contributed by atoms with Crippen LogP contribution in [0.25, 0.3) is 0 Å². The van der Waals surface area contributed by atoms with E-state index in [4.69, 9.17) is 11.6 Å². The van der Waals surface area contributed by atoms with Crippen LogP contribution < -0.4 is 5.32 Å². The summed E-state index contributed by atoms with van der Waals surface area (Å²) in [5.41, 5.74) is 2.98. The van der Waals surface area contributed by atoms with E-state index in [2.05, 4.69) is 5.32 Å². The fourth-order valence-electron chi connectivity index (χ4n) is 3.19. The third-order valence-corrected chi connectivity index (χ3v) is 4.90. The zero-order valence-electron chi connectivity index (χ0n) is 17.0. The van der Waals surface area contributed by atoms with E-state index in [1.54, 1.807) is 17.0 Å². The Morgan fingerprint density at radius 1 is 1.11 bits per heavy atom. The number of hydrogen-bond donors (Lipinski definition) is 1. The van der Waals surface area contributed by atoms with Crippen molar-refractivity contribution >= 4 is 23.4 Å². The molecule has 28 heavy (non-hydrogen) atoms. The minimum atomic E-state index is -0.520. The monoisotopic (exact) mass is 400 g/mol. The first kappa shape index (κ1) is 22.0. The summed E-state index contributed by atoms with van der Waals surface area (Å²) in [6.45, 7) is 8.19. The van der Waals surface area contributed by atoms with Crippen LogP contribution in [0, 0.1) is 6.92 Å². The first-order chi connectivity index (χ1) is 13.3. The smallest absolute Gasteiger partial charge is 0.243 e. The number of rotatable bonds is 8. The topological polar surface area (TPSA) is 49.4 Å². The summed E-state index contributed by atoms with van der Waals surface area (Å²) in [5.74, 6) is -0.207. The zero-order valence-corrected chi connectivity index (χ0v) is 17.8. The Balaban J connectivity index is 2.32. The van der Waals surface area contributed by atoms with E-state index < -0.39 is 6.04 Å². The fraction of sp³-hybridized carbons (Fsp3) is 0.391. The lowest BCUT2D eigenvalue weighted by atomic mass is 10.0. The van der Waals surface area contributed by atoms with Crippen molar-refractivity contribution in [3.05, 3.63) is 70.2 Å². The summed E-state index contributed by atoms with van der Waals surface area (Å²) in [6.07, 6.45) is 0.754. The lowest BCUT2D eigenvalue weighted by Gasteiger charge is -2.31. The molecule has 2 aromatic rings. The second-order valence-corrected chi connectivity index (χ2v) is 7.78. The van der Waals surface area contributed by atoms with Gasteiger partial charge in [-0.1, -0.05) is 54.9 Å². The van der Waals surface area contributed by atoms with Crippen LogP contribution in [-0.2, 0) is 22.6 Å². The predicted molar refractivity (Wildman–Crippen MR) is 114 cm³/mol. The number of halogens is 1. The summed E-state index contributed by atoms with van der Waals surface area (Å²) in [4.78, 5) is 27.7. The van der Waals surface area contributed by atoms with Gasteiger partial charge in [-0.05, 0) is 56.0 Å². The fourth-order valence-corrected chi connectivity index (χ4v) is 3.41. The lowest BCUT2D eigenvalue weighted by Crippen LogP contribution is -2.50. The normalized spacial score (nSPS) is 11.9. The maximum absolute atomic E-state index is 13.2. The van der Waals surface area contributed by atoms with Gasteiger partial charge in [-0.2, -0.15) is 0 Å². The Morgan fingerprint density at radius 3 is 2.43 bits per heavy atom. The van der Waals surface area contributed by atoms with Crippen molar-refractivity contribution in [2.45, 2.75) is 59.2 Å². The summed E-state index contributed by atoms with van der Waals surface area (Å²) >= 11 is 6.07. The first-order valence-electron chi connectivity index (χ1n) is 9.70. The summed E-state index contributed by atoms with van der Waals surface area (Å²) in [6, 6.07) is 14.7. The molecule has 0 aliphatic heterocycles. The maximum Gasteiger partial charge on any atom is 0.243 e. The standard InChI is InChI=1S/C23H29ClN2O2/c1-5-21(23(28)25-16(2)3)26(15-19-11-7-6-9-17(19)4)22(27)14-18-10-8-12-20(24)13-18/h6-13,16,21H,5,14-15H2,1-4H3,(H,25,28). The maximum atomic E-state index is 13.2. The van der Waals surface area contributed by atoms with Gasteiger partial charge in [-0.15, -0.1) is 0 Å². The molecule has 2 aromatic carbocycles. The molecule has 0 spiro atoms. The van der Waals surface area contributed by atoms with E-state index >= 15 is 0 Å². The molecule has 0 heterocycles. The van der Waals surface area contributed by atoms with Gasteiger partial charge >= 0.3 is 0 Å². The second-order valence-electron chi connectivity index (χ2n) is 7.34. The molecule has 1 atom stereocenters. The third-order valence-electron chi connectivity index (χ3n) is 4.66. The SMILES string of the molecule is CCC(C(=O)NC(C)C)N(Cc1ccccc1C)C(=O)Cc1cccc(Cl)c1. The highest BCUT2D eigenvalue weighted by atomic mass is 35.5. The second kappa shape index (κ2) is 10.3. The number of amides is 2. The van der Waals surface area contributed by atoms with E-state index in [9.17, 15) is 9.59 Å². The van der Waals surface area contributed by atoms with Crippen molar-refractivity contribution in [3.63, 3.8) is 0 Å². The largest absolute Gasteiger partial charge is 0.352 e. The van der Waals surface area contributed by atoms with Gasteiger partial charge in [0, 0.05) is 17.6 Å². The Kier molecular flexibility index (Phi) is 8.06. The molecule has 1 unspecified atom stereocenters. The number of nitrogens with zero attached hydrogens (tertiary/aromatic N) is 1. The molecule has 0 fully saturated rings. The highest BCUT2D eigenvalue weighted by Gasteiger charge is 2.29. The van der Waals surface area contributed by atoms with Crippen LogP contribution >= 0.6 is 11.6 Å². The lowest BCUT2D eigenvalue weighted by molar-refractivity contribution is -0.141. The average Bonchev–Trinajstić information content (AvgIpc) is 2.62. The van der Waals surface area contributed by atoms with Crippen LogP contribution in [0.5, 0.6) is 0 Å². The van der Waals surface area contributed by atoms with Gasteiger partial charge in [0.1, 0.15) is 6.04 Å². The van der Waals surface area contributed by atoms with Crippen molar-refractivity contribution in [1.82, 2.24) is 10.2 Å².